The Hall–Kier alpha value is -2.38. The Kier molecular flexibility index (Phi) is 5.37. The van der Waals surface area contributed by atoms with Crippen LogP contribution in [0.5, 0.6) is 5.75 Å². The van der Waals surface area contributed by atoms with Gasteiger partial charge in [-0.2, -0.15) is 0 Å². The highest BCUT2D eigenvalue weighted by atomic mass is 16.7. The molecule has 0 radical (unpaired) electrons. The van der Waals surface area contributed by atoms with E-state index in [9.17, 15) is 0 Å². The van der Waals surface area contributed by atoms with Crippen molar-refractivity contribution in [2.75, 3.05) is 36.5 Å². The molecule has 1 aromatic carbocycles. The van der Waals surface area contributed by atoms with Crippen molar-refractivity contribution in [3.63, 3.8) is 0 Å². The van der Waals surface area contributed by atoms with Gasteiger partial charge >= 0.3 is 0 Å². The highest BCUT2D eigenvalue weighted by molar-refractivity contribution is 5.60. The van der Waals surface area contributed by atoms with Gasteiger partial charge in [0.05, 0.1) is 19.3 Å². The highest BCUT2D eigenvalue weighted by Gasteiger charge is 2.40. The molecule has 0 bridgehead atoms. The molecule has 2 fully saturated rings. The van der Waals surface area contributed by atoms with Crippen LogP contribution < -0.4 is 15.0 Å². The summed E-state index contributed by atoms with van der Waals surface area (Å²) in [4.78, 5) is 11.4. The third-order valence-corrected chi connectivity index (χ3v) is 4.99. The van der Waals surface area contributed by atoms with Gasteiger partial charge in [0.2, 0.25) is 0 Å². The lowest BCUT2D eigenvalue weighted by molar-refractivity contribution is -0.169. The van der Waals surface area contributed by atoms with Crippen LogP contribution in [0.3, 0.4) is 0 Å². The Bertz CT molecular complexity index is 794. The van der Waals surface area contributed by atoms with Crippen molar-refractivity contribution < 1.29 is 14.2 Å². The fourth-order valence-corrected chi connectivity index (χ4v) is 3.68. The number of hydrogen-bond acceptors (Lipinski definition) is 7. The van der Waals surface area contributed by atoms with Crippen LogP contribution in [0, 0.1) is 6.92 Å². The number of nitrogens with one attached hydrogen (secondary N) is 1. The zero-order valence-electron chi connectivity index (χ0n) is 16.8. The number of anilines is 3. The zero-order valence-corrected chi connectivity index (χ0v) is 16.8. The highest BCUT2D eigenvalue weighted by Crippen LogP contribution is 2.33. The summed E-state index contributed by atoms with van der Waals surface area (Å²) in [5, 5.41) is 3.37. The van der Waals surface area contributed by atoms with Gasteiger partial charge in [-0.1, -0.05) is 0 Å². The molecule has 2 aromatic rings. The molecule has 0 saturated carbocycles. The Morgan fingerprint density at radius 1 is 1.07 bits per heavy atom. The lowest BCUT2D eigenvalue weighted by Gasteiger charge is -2.38. The standard InChI is InChI=1S/C21H28N4O3/c1-15(2)28-18-6-4-17(5-7-18)24-19-14-20(23-16(3)22-19)25-10-8-21(9-11-25)26-12-13-27-21/h4-7,14-15H,8-13H2,1-3H3,(H,22,23,24). The topological polar surface area (TPSA) is 68.7 Å². The van der Waals surface area contributed by atoms with Gasteiger partial charge in [-0.15, -0.1) is 0 Å². The average molecular weight is 384 g/mol. The van der Waals surface area contributed by atoms with E-state index in [1.54, 1.807) is 0 Å². The van der Waals surface area contributed by atoms with Crippen molar-refractivity contribution in [3.8, 4) is 5.75 Å². The molecule has 7 heteroatoms. The van der Waals surface area contributed by atoms with Crippen molar-refractivity contribution in [2.24, 2.45) is 0 Å². The van der Waals surface area contributed by atoms with Crippen LogP contribution in [0.2, 0.25) is 0 Å². The molecule has 150 valence electrons. The molecule has 2 aliphatic heterocycles. The number of hydrogen-bond donors (Lipinski definition) is 1. The number of aromatic nitrogens is 2. The number of benzene rings is 1. The molecule has 0 aliphatic carbocycles. The molecule has 2 aliphatic rings. The van der Waals surface area contributed by atoms with E-state index in [0.29, 0.717) is 13.2 Å². The molecule has 7 nitrogen and oxygen atoms in total. The van der Waals surface area contributed by atoms with Crippen molar-refractivity contribution in [1.29, 1.82) is 0 Å². The third kappa shape index (κ3) is 4.36. The fourth-order valence-electron chi connectivity index (χ4n) is 3.68. The van der Waals surface area contributed by atoms with Crippen LogP contribution in [0.1, 0.15) is 32.5 Å². The van der Waals surface area contributed by atoms with Gasteiger partial charge < -0.3 is 24.4 Å². The predicted octanol–water partition coefficient (Wildman–Crippen LogP) is 3.66. The van der Waals surface area contributed by atoms with Crippen LogP contribution in [0.4, 0.5) is 17.3 Å². The lowest BCUT2D eigenvalue weighted by atomic mass is 10.0. The van der Waals surface area contributed by atoms with Crippen LogP contribution in [-0.2, 0) is 9.47 Å². The monoisotopic (exact) mass is 384 g/mol. The first-order valence-electron chi connectivity index (χ1n) is 9.94. The zero-order chi connectivity index (χ0) is 19.6. The lowest BCUT2D eigenvalue weighted by Crippen LogP contribution is -2.45. The molecule has 4 rings (SSSR count). The van der Waals surface area contributed by atoms with E-state index in [4.69, 9.17) is 14.2 Å². The van der Waals surface area contributed by atoms with Crippen molar-refractivity contribution in [3.05, 3.63) is 36.2 Å². The van der Waals surface area contributed by atoms with Gasteiger partial charge in [0.25, 0.3) is 0 Å². The van der Waals surface area contributed by atoms with Gasteiger partial charge in [0.1, 0.15) is 23.2 Å². The molecule has 3 heterocycles. The first-order valence-corrected chi connectivity index (χ1v) is 9.94. The minimum absolute atomic E-state index is 0.162. The first-order chi connectivity index (χ1) is 13.5. The van der Waals surface area contributed by atoms with Gasteiger partial charge in [-0.25, -0.2) is 9.97 Å². The number of piperidine rings is 1. The van der Waals surface area contributed by atoms with Crippen molar-refractivity contribution >= 4 is 17.3 Å². The largest absolute Gasteiger partial charge is 0.491 e. The summed E-state index contributed by atoms with van der Waals surface area (Å²) in [6.45, 7) is 9.07. The molecular formula is C21H28N4O3. The van der Waals surface area contributed by atoms with Crippen LogP contribution in [-0.4, -0.2) is 48.2 Å². The molecule has 1 N–H and O–H groups in total. The third-order valence-electron chi connectivity index (χ3n) is 4.99. The molecular weight excluding hydrogens is 356 g/mol. The van der Waals surface area contributed by atoms with Crippen LogP contribution >= 0.6 is 0 Å². The van der Waals surface area contributed by atoms with E-state index in [-0.39, 0.29) is 11.9 Å². The van der Waals surface area contributed by atoms with E-state index in [0.717, 1.165) is 54.8 Å². The van der Waals surface area contributed by atoms with E-state index >= 15 is 0 Å². The summed E-state index contributed by atoms with van der Waals surface area (Å²) in [5.74, 6) is 2.95. The van der Waals surface area contributed by atoms with E-state index in [1.807, 2.05) is 51.1 Å². The maximum absolute atomic E-state index is 5.82. The number of nitrogens with zero attached hydrogens (tertiary/aromatic N) is 3. The molecule has 28 heavy (non-hydrogen) atoms. The van der Waals surface area contributed by atoms with Gasteiger partial charge in [0, 0.05) is 37.7 Å². The van der Waals surface area contributed by atoms with Crippen molar-refractivity contribution in [1.82, 2.24) is 9.97 Å². The van der Waals surface area contributed by atoms with Crippen LogP contribution in [0.15, 0.2) is 30.3 Å². The van der Waals surface area contributed by atoms with Crippen LogP contribution in [0.25, 0.3) is 0 Å². The number of aryl methyl sites for hydroxylation is 1. The molecule has 0 unspecified atom stereocenters. The van der Waals surface area contributed by atoms with E-state index < -0.39 is 0 Å². The fraction of sp³-hybridized carbons (Fsp3) is 0.524. The maximum Gasteiger partial charge on any atom is 0.171 e. The molecule has 1 aromatic heterocycles. The summed E-state index contributed by atoms with van der Waals surface area (Å²) in [5.41, 5.74) is 0.963. The predicted molar refractivity (Wildman–Crippen MR) is 108 cm³/mol. The minimum atomic E-state index is -0.376. The Morgan fingerprint density at radius 3 is 2.39 bits per heavy atom. The molecule has 1 spiro atoms. The maximum atomic E-state index is 5.82. The summed E-state index contributed by atoms with van der Waals surface area (Å²) in [6.07, 6.45) is 1.88. The smallest absolute Gasteiger partial charge is 0.171 e. The SMILES string of the molecule is Cc1nc(Nc2ccc(OC(C)C)cc2)cc(N2CCC3(CC2)OCCO3)n1. The second-order valence-electron chi connectivity index (χ2n) is 7.57. The van der Waals surface area contributed by atoms with Gasteiger partial charge in [-0.05, 0) is 45.0 Å². The molecule has 2 saturated heterocycles. The summed E-state index contributed by atoms with van der Waals surface area (Å²) >= 11 is 0. The summed E-state index contributed by atoms with van der Waals surface area (Å²) < 4.78 is 17.3. The van der Waals surface area contributed by atoms with Gasteiger partial charge in [0.15, 0.2) is 5.79 Å². The quantitative estimate of drug-likeness (QED) is 0.844. The first kappa shape index (κ1) is 19.0. The average Bonchev–Trinajstić information content (AvgIpc) is 3.11. The minimum Gasteiger partial charge on any atom is -0.491 e. The Balaban J connectivity index is 1.44. The second kappa shape index (κ2) is 7.93. The number of rotatable bonds is 5. The Labute approximate surface area is 166 Å². The molecule has 0 amide bonds. The molecule has 0 atom stereocenters. The summed E-state index contributed by atoms with van der Waals surface area (Å²) in [6, 6.07) is 9.91. The normalized spacial score (nSPS) is 18.6. The second-order valence-corrected chi connectivity index (χ2v) is 7.57. The van der Waals surface area contributed by atoms with E-state index in [2.05, 4.69) is 20.2 Å². The van der Waals surface area contributed by atoms with Gasteiger partial charge in [-0.3, -0.25) is 0 Å². The number of ether oxygens (including phenoxy) is 3. The van der Waals surface area contributed by atoms with Crippen molar-refractivity contribution in [2.45, 2.75) is 45.5 Å². The Morgan fingerprint density at radius 2 is 1.75 bits per heavy atom. The summed E-state index contributed by atoms with van der Waals surface area (Å²) in [7, 11) is 0. The van der Waals surface area contributed by atoms with E-state index in [1.165, 1.54) is 0 Å².